The Labute approximate surface area is 166 Å². The monoisotopic (exact) mass is 376 g/mol. The van der Waals surface area contributed by atoms with Gasteiger partial charge in [-0.2, -0.15) is 0 Å². The summed E-state index contributed by atoms with van der Waals surface area (Å²) in [6.07, 6.45) is 0.919. The highest BCUT2D eigenvalue weighted by Gasteiger charge is 2.29. The zero-order valence-corrected chi connectivity index (χ0v) is 16.7. The van der Waals surface area contributed by atoms with E-state index in [1.165, 1.54) is 16.7 Å². The molecule has 0 aliphatic carbocycles. The number of benzene rings is 2. The van der Waals surface area contributed by atoms with Crippen LogP contribution in [0.1, 0.15) is 28.6 Å². The summed E-state index contributed by atoms with van der Waals surface area (Å²) >= 11 is 0. The number of rotatable bonds is 6. The molecule has 1 aromatic heterocycles. The molecule has 6 nitrogen and oxygen atoms in total. The highest BCUT2D eigenvalue weighted by atomic mass is 15.5. The summed E-state index contributed by atoms with van der Waals surface area (Å²) in [6, 6.07) is 19.4. The van der Waals surface area contributed by atoms with Crippen LogP contribution in [0, 0.1) is 6.92 Å². The molecule has 0 amide bonds. The van der Waals surface area contributed by atoms with E-state index in [-0.39, 0.29) is 6.04 Å². The van der Waals surface area contributed by atoms with Gasteiger partial charge in [0.1, 0.15) is 0 Å². The van der Waals surface area contributed by atoms with Crippen LogP contribution in [0.15, 0.2) is 54.6 Å². The third-order valence-electron chi connectivity index (χ3n) is 5.56. The fourth-order valence-electron chi connectivity index (χ4n) is 3.80. The predicted molar refractivity (Wildman–Crippen MR) is 110 cm³/mol. The van der Waals surface area contributed by atoms with Gasteiger partial charge in [-0.25, -0.2) is 4.68 Å². The second-order valence-electron chi connectivity index (χ2n) is 7.65. The Balaban J connectivity index is 1.61. The molecule has 0 saturated carbocycles. The van der Waals surface area contributed by atoms with E-state index in [0.717, 1.165) is 45.0 Å². The summed E-state index contributed by atoms with van der Waals surface area (Å²) in [5.74, 6) is 0.935. The van der Waals surface area contributed by atoms with E-state index in [1.54, 1.807) is 0 Å². The van der Waals surface area contributed by atoms with Crippen molar-refractivity contribution < 1.29 is 0 Å². The van der Waals surface area contributed by atoms with E-state index < -0.39 is 0 Å². The van der Waals surface area contributed by atoms with Gasteiger partial charge in [-0.1, -0.05) is 60.2 Å². The van der Waals surface area contributed by atoms with Gasteiger partial charge in [0.05, 0.1) is 6.04 Å². The molecule has 3 aromatic rings. The molecule has 1 aliphatic rings. The lowest BCUT2D eigenvalue weighted by Gasteiger charge is -2.37. The van der Waals surface area contributed by atoms with Crippen molar-refractivity contribution in [3.63, 3.8) is 0 Å². The number of nitrogens with zero attached hydrogens (tertiary/aromatic N) is 6. The van der Waals surface area contributed by atoms with Crippen LogP contribution in [-0.2, 0) is 13.0 Å². The molecule has 6 heteroatoms. The Hall–Kier alpha value is -2.57. The van der Waals surface area contributed by atoms with Gasteiger partial charge in [0.25, 0.3) is 0 Å². The molecule has 0 unspecified atom stereocenters. The van der Waals surface area contributed by atoms with Crippen LogP contribution in [0.25, 0.3) is 0 Å². The molecule has 4 rings (SSSR count). The molecule has 0 bridgehead atoms. The Morgan fingerprint density at radius 2 is 1.64 bits per heavy atom. The van der Waals surface area contributed by atoms with Gasteiger partial charge < -0.3 is 4.90 Å². The van der Waals surface area contributed by atoms with Crippen LogP contribution in [-0.4, -0.2) is 63.2 Å². The highest BCUT2D eigenvalue weighted by molar-refractivity contribution is 5.28. The van der Waals surface area contributed by atoms with Crippen LogP contribution in [0.2, 0.25) is 0 Å². The lowest BCUT2D eigenvalue weighted by molar-refractivity contribution is 0.121. The third-order valence-corrected chi connectivity index (χ3v) is 5.56. The topological polar surface area (TPSA) is 50.1 Å². The van der Waals surface area contributed by atoms with Crippen molar-refractivity contribution in [3.05, 3.63) is 77.1 Å². The number of aryl methyl sites for hydroxylation is 3. The second kappa shape index (κ2) is 8.63. The zero-order chi connectivity index (χ0) is 19.3. The number of piperazine rings is 1. The van der Waals surface area contributed by atoms with Crippen LogP contribution in [0.4, 0.5) is 0 Å². The van der Waals surface area contributed by atoms with Crippen LogP contribution < -0.4 is 0 Å². The SMILES string of the molecule is Cc1ccc([C@@H](c2nnnn2CCc2ccccc2)N2CCN(C)CC2)cc1. The van der Waals surface area contributed by atoms with Gasteiger partial charge >= 0.3 is 0 Å². The zero-order valence-electron chi connectivity index (χ0n) is 16.7. The van der Waals surface area contributed by atoms with Crippen molar-refractivity contribution in [3.8, 4) is 0 Å². The van der Waals surface area contributed by atoms with Crippen molar-refractivity contribution in [1.82, 2.24) is 30.0 Å². The Morgan fingerprint density at radius 3 is 2.36 bits per heavy atom. The molecule has 1 aliphatic heterocycles. The fourth-order valence-corrected chi connectivity index (χ4v) is 3.80. The minimum Gasteiger partial charge on any atom is -0.304 e. The van der Waals surface area contributed by atoms with E-state index in [0.29, 0.717) is 0 Å². The third kappa shape index (κ3) is 4.29. The normalized spacial score (nSPS) is 16.9. The molecular weight excluding hydrogens is 348 g/mol. The van der Waals surface area contributed by atoms with Crippen LogP contribution in [0.3, 0.4) is 0 Å². The van der Waals surface area contributed by atoms with Crippen molar-refractivity contribution in [2.75, 3.05) is 33.2 Å². The lowest BCUT2D eigenvalue weighted by atomic mass is 10.0. The van der Waals surface area contributed by atoms with Gasteiger partial charge in [0.2, 0.25) is 0 Å². The standard InChI is InChI=1S/C22H28N6/c1-18-8-10-20(11-9-18)21(27-16-14-26(2)15-17-27)22-23-24-25-28(22)13-12-19-6-4-3-5-7-19/h3-11,21H,12-17H2,1-2H3/t21-/m0/s1. The van der Waals surface area contributed by atoms with Gasteiger partial charge in [-0.15, -0.1) is 5.10 Å². The van der Waals surface area contributed by atoms with E-state index in [1.807, 2.05) is 10.7 Å². The van der Waals surface area contributed by atoms with Gasteiger partial charge in [0, 0.05) is 32.7 Å². The molecule has 0 radical (unpaired) electrons. The Bertz CT molecular complexity index is 866. The number of hydrogen-bond donors (Lipinski definition) is 0. The molecule has 2 aromatic carbocycles. The van der Waals surface area contributed by atoms with Crippen LogP contribution >= 0.6 is 0 Å². The van der Waals surface area contributed by atoms with Gasteiger partial charge in [-0.05, 0) is 41.9 Å². The first-order valence-electron chi connectivity index (χ1n) is 10.00. The molecule has 0 spiro atoms. The summed E-state index contributed by atoms with van der Waals surface area (Å²) in [5, 5.41) is 12.8. The van der Waals surface area contributed by atoms with Crippen molar-refractivity contribution >= 4 is 0 Å². The van der Waals surface area contributed by atoms with Crippen molar-refractivity contribution in [2.45, 2.75) is 25.9 Å². The van der Waals surface area contributed by atoms with Gasteiger partial charge in [0.15, 0.2) is 5.82 Å². The maximum absolute atomic E-state index is 4.47. The summed E-state index contributed by atoms with van der Waals surface area (Å²) < 4.78 is 1.98. The average Bonchev–Trinajstić information content (AvgIpc) is 3.18. The van der Waals surface area contributed by atoms with E-state index >= 15 is 0 Å². The fraction of sp³-hybridized carbons (Fsp3) is 0.409. The van der Waals surface area contributed by atoms with E-state index in [9.17, 15) is 0 Å². The maximum atomic E-state index is 4.47. The predicted octanol–water partition coefficient (Wildman–Crippen LogP) is 2.56. The second-order valence-corrected chi connectivity index (χ2v) is 7.65. The molecule has 2 heterocycles. The van der Waals surface area contributed by atoms with Crippen molar-refractivity contribution in [1.29, 1.82) is 0 Å². The summed E-state index contributed by atoms with van der Waals surface area (Å²) in [7, 11) is 2.18. The quantitative estimate of drug-likeness (QED) is 0.662. The van der Waals surface area contributed by atoms with E-state index in [4.69, 9.17) is 0 Å². The number of hydrogen-bond acceptors (Lipinski definition) is 5. The first-order chi connectivity index (χ1) is 13.7. The molecule has 28 heavy (non-hydrogen) atoms. The number of aromatic nitrogens is 4. The average molecular weight is 377 g/mol. The molecule has 1 fully saturated rings. The minimum absolute atomic E-state index is 0.0834. The first-order valence-corrected chi connectivity index (χ1v) is 10.00. The summed E-state index contributed by atoms with van der Waals surface area (Å²) in [4.78, 5) is 4.89. The largest absolute Gasteiger partial charge is 0.304 e. The highest BCUT2D eigenvalue weighted by Crippen LogP contribution is 2.28. The van der Waals surface area contributed by atoms with Gasteiger partial charge in [-0.3, -0.25) is 4.90 Å². The number of likely N-dealkylation sites (N-methyl/N-ethyl adjacent to an activating group) is 1. The Morgan fingerprint density at radius 1 is 0.929 bits per heavy atom. The van der Waals surface area contributed by atoms with Crippen molar-refractivity contribution in [2.24, 2.45) is 0 Å². The molecule has 0 N–H and O–H groups in total. The maximum Gasteiger partial charge on any atom is 0.173 e. The molecule has 146 valence electrons. The Kier molecular flexibility index (Phi) is 5.78. The molecule has 1 saturated heterocycles. The molecular formula is C22H28N6. The van der Waals surface area contributed by atoms with E-state index in [2.05, 4.69) is 87.8 Å². The smallest absolute Gasteiger partial charge is 0.173 e. The summed E-state index contributed by atoms with van der Waals surface area (Å²) in [6.45, 7) is 7.06. The minimum atomic E-state index is 0.0834. The molecule has 1 atom stereocenters. The lowest BCUT2D eigenvalue weighted by Crippen LogP contribution is -2.46. The first kappa shape index (κ1) is 18.8. The summed E-state index contributed by atoms with van der Waals surface area (Å²) in [5.41, 5.74) is 3.82. The number of tetrazole rings is 1. The van der Waals surface area contributed by atoms with Crippen LogP contribution in [0.5, 0.6) is 0 Å².